The van der Waals surface area contributed by atoms with Crippen LogP contribution in [0.2, 0.25) is 0 Å². The molecule has 1 heterocycles. The maximum absolute atomic E-state index is 12.2. The number of hydrogen-bond donors (Lipinski definition) is 0. The molecule has 1 aromatic heterocycles. The van der Waals surface area contributed by atoms with Gasteiger partial charge in [-0.05, 0) is 98.6 Å². The van der Waals surface area contributed by atoms with Crippen molar-refractivity contribution in [1.82, 2.24) is 4.57 Å². The summed E-state index contributed by atoms with van der Waals surface area (Å²) >= 11 is 0. The molecule has 1 aliphatic carbocycles. The number of hydrogen-bond acceptors (Lipinski definition) is 1. The molecule has 2 aromatic rings. The van der Waals surface area contributed by atoms with E-state index in [4.69, 9.17) is 0 Å². The third-order valence-electron chi connectivity index (χ3n) is 6.49. The van der Waals surface area contributed by atoms with E-state index in [0.717, 1.165) is 54.0 Å². The van der Waals surface area contributed by atoms with Crippen molar-refractivity contribution in [2.75, 3.05) is 0 Å². The first-order valence-corrected chi connectivity index (χ1v) is 13.5. The molecule has 2 nitrogen and oxygen atoms in total. The van der Waals surface area contributed by atoms with Crippen molar-refractivity contribution in [2.45, 2.75) is 86.5 Å². The molecule has 1 saturated carbocycles. The Morgan fingerprint density at radius 3 is 2.19 bits per heavy atom. The molecule has 0 radical (unpaired) electrons. The molecule has 0 N–H and O–H groups in total. The lowest BCUT2D eigenvalue weighted by Gasteiger charge is -2.15. The summed E-state index contributed by atoms with van der Waals surface area (Å²) in [5, 5.41) is 0. The second kappa shape index (κ2) is 16.0. The van der Waals surface area contributed by atoms with Crippen molar-refractivity contribution < 1.29 is 4.79 Å². The van der Waals surface area contributed by atoms with Gasteiger partial charge in [-0.2, -0.15) is 0 Å². The van der Waals surface area contributed by atoms with Crippen molar-refractivity contribution >= 4 is 16.9 Å². The fraction of sp³-hybridized carbons (Fsp3) is 0.441. The molecule has 1 aliphatic rings. The number of carbonyl (C=O) groups is 1. The van der Waals surface area contributed by atoms with Crippen molar-refractivity contribution in [2.24, 2.45) is 13.0 Å². The number of rotatable bonds is 10. The zero-order valence-electron chi connectivity index (χ0n) is 24.0. The van der Waals surface area contributed by atoms with Crippen LogP contribution < -0.4 is 0 Å². The second-order valence-corrected chi connectivity index (χ2v) is 9.66. The maximum Gasteiger partial charge on any atom is 0.164 e. The Hall–Kier alpha value is -2.87. The van der Waals surface area contributed by atoms with E-state index in [9.17, 15) is 4.79 Å². The van der Waals surface area contributed by atoms with Crippen LogP contribution in [-0.2, 0) is 19.9 Å². The molecule has 3 rings (SSSR count). The van der Waals surface area contributed by atoms with Crippen LogP contribution in [0.15, 0.2) is 62.4 Å². The van der Waals surface area contributed by atoms with E-state index in [0.29, 0.717) is 6.42 Å². The van der Waals surface area contributed by atoms with Gasteiger partial charge >= 0.3 is 0 Å². The number of carbonyl (C=O) groups excluding carboxylic acids is 1. The first-order chi connectivity index (χ1) is 17.2. The van der Waals surface area contributed by atoms with Gasteiger partial charge in [-0.25, -0.2) is 0 Å². The molecule has 0 saturated heterocycles. The van der Waals surface area contributed by atoms with Crippen LogP contribution in [0.25, 0.3) is 11.1 Å². The maximum atomic E-state index is 12.2. The molecule has 0 aliphatic heterocycles. The first-order valence-electron chi connectivity index (χ1n) is 13.5. The van der Waals surface area contributed by atoms with Gasteiger partial charge in [0.2, 0.25) is 0 Å². The molecule has 1 fully saturated rings. The van der Waals surface area contributed by atoms with Crippen LogP contribution in [-0.4, -0.2) is 10.4 Å². The first kappa shape index (κ1) is 31.2. The molecular formula is C34H49NO. The minimum absolute atomic E-state index is 0.194. The fourth-order valence-electron chi connectivity index (χ4n) is 4.43. The van der Waals surface area contributed by atoms with Gasteiger partial charge in [-0.1, -0.05) is 70.4 Å². The lowest BCUT2D eigenvalue weighted by atomic mass is 9.91. The molecule has 0 atom stereocenters. The summed E-state index contributed by atoms with van der Waals surface area (Å²) in [6.45, 7) is 24.3. The van der Waals surface area contributed by atoms with E-state index in [1.165, 1.54) is 35.1 Å². The number of benzene rings is 1. The Morgan fingerprint density at radius 1 is 1.08 bits per heavy atom. The van der Waals surface area contributed by atoms with Crippen LogP contribution in [0.5, 0.6) is 0 Å². The molecule has 196 valence electrons. The van der Waals surface area contributed by atoms with Gasteiger partial charge in [-0.15, -0.1) is 6.58 Å². The summed E-state index contributed by atoms with van der Waals surface area (Å²) in [6, 6.07) is 6.78. The molecule has 0 spiro atoms. The fourth-order valence-corrected chi connectivity index (χ4v) is 4.43. The van der Waals surface area contributed by atoms with Crippen molar-refractivity contribution in [1.29, 1.82) is 0 Å². The average molecular weight is 488 g/mol. The number of Topliss-reactive ketones (excluding diaryl/α,β-unsaturated/α-hetero) is 1. The summed E-state index contributed by atoms with van der Waals surface area (Å²) in [4.78, 5) is 12.2. The molecule has 1 aromatic carbocycles. The van der Waals surface area contributed by atoms with Crippen LogP contribution in [0.3, 0.4) is 0 Å². The van der Waals surface area contributed by atoms with Gasteiger partial charge in [0.15, 0.2) is 5.78 Å². The smallest absolute Gasteiger partial charge is 0.164 e. The minimum Gasteiger partial charge on any atom is -0.350 e. The van der Waals surface area contributed by atoms with Gasteiger partial charge in [0.25, 0.3) is 0 Å². The van der Waals surface area contributed by atoms with Crippen LogP contribution >= 0.6 is 0 Å². The number of allylic oxidation sites excluding steroid dienone is 5. The second-order valence-electron chi connectivity index (χ2n) is 9.66. The Morgan fingerprint density at radius 2 is 1.72 bits per heavy atom. The van der Waals surface area contributed by atoms with Crippen LogP contribution in [0.4, 0.5) is 0 Å². The van der Waals surface area contributed by atoms with Gasteiger partial charge in [-0.3, -0.25) is 4.79 Å². The van der Waals surface area contributed by atoms with Gasteiger partial charge < -0.3 is 4.57 Å². The highest BCUT2D eigenvalue weighted by Gasteiger charge is 2.23. The zero-order valence-corrected chi connectivity index (χ0v) is 24.0. The van der Waals surface area contributed by atoms with Crippen molar-refractivity contribution in [3.63, 3.8) is 0 Å². The summed E-state index contributed by atoms with van der Waals surface area (Å²) < 4.78 is 2.06. The third-order valence-corrected chi connectivity index (χ3v) is 6.49. The molecular weight excluding hydrogens is 438 g/mol. The van der Waals surface area contributed by atoms with Crippen molar-refractivity contribution in [3.8, 4) is 0 Å². The third kappa shape index (κ3) is 9.30. The SMILES string of the molecule is C/C=C\CC.C=C(CC1CC1)c1ccc(CC)c(CC(=C)c2c(C)c(C(=O)CC)cn2C)c1.C=CC. The highest BCUT2D eigenvalue weighted by molar-refractivity contribution is 5.98. The molecule has 0 bridgehead atoms. The lowest BCUT2D eigenvalue weighted by Crippen LogP contribution is -2.02. The Bertz CT molecular complexity index is 1060. The lowest BCUT2D eigenvalue weighted by molar-refractivity contribution is 0.0987. The number of ketones is 1. The van der Waals surface area contributed by atoms with E-state index in [-0.39, 0.29) is 5.78 Å². The highest BCUT2D eigenvalue weighted by Crippen LogP contribution is 2.38. The van der Waals surface area contributed by atoms with Gasteiger partial charge in [0.1, 0.15) is 0 Å². The van der Waals surface area contributed by atoms with E-state index < -0.39 is 0 Å². The monoisotopic (exact) mass is 487 g/mol. The van der Waals surface area contributed by atoms with E-state index >= 15 is 0 Å². The Balaban J connectivity index is 0.000000709. The van der Waals surface area contributed by atoms with E-state index in [1.807, 2.05) is 40.9 Å². The summed E-state index contributed by atoms with van der Waals surface area (Å²) in [5.41, 5.74) is 9.22. The largest absolute Gasteiger partial charge is 0.350 e. The Kier molecular flexibility index (Phi) is 13.8. The standard InChI is InChI=1S/C26H33NO.C5H10.C3H6/c1-7-21-11-12-22(17(3)13-20-9-10-20)15-23(21)14-18(4)26-19(5)24(16-27(26)6)25(28)8-2;1-3-5-4-2;1-3-2/h11-12,15-16,20H,3-4,7-10,13-14H2,1-2,5-6H3;3,5H,4H2,1-2H3;3H,1H2,2H3/b;5-3-;. The van der Waals surface area contributed by atoms with Crippen LogP contribution in [0.1, 0.15) is 105 Å². The molecule has 36 heavy (non-hydrogen) atoms. The number of nitrogens with zero attached hydrogens (tertiary/aromatic N) is 1. The topological polar surface area (TPSA) is 22.0 Å². The zero-order chi connectivity index (χ0) is 27.3. The summed E-state index contributed by atoms with van der Waals surface area (Å²) in [7, 11) is 2.01. The van der Waals surface area contributed by atoms with Crippen LogP contribution in [0, 0.1) is 12.8 Å². The molecule has 0 amide bonds. The number of aromatic nitrogens is 1. The quantitative estimate of drug-likeness (QED) is 0.241. The predicted molar refractivity (Wildman–Crippen MR) is 161 cm³/mol. The van der Waals surface area contributed by atoms with E-state index in [1.54, 1.807) is 6.08 Å². The predicted octanol–water partition coefficient (Wildman–Crippen LogP) is 9.72. The summed E-state index contributed by atoms with van der Waals surface area (Å²) in [6.07, 6.45) is 15.2. The average Bonchev–Trinajstić information content (AvgIpc) is 3.61. The molecule has 0 unspecified atom stereocenters. The van der Waals surface area contributed by atoms with Gasteiger partial charge in [0.05, 0.1) is 0 Å². The summed E-state index contributed by atoms with van der Waals surface area (Å²) in [5.74, 6) is 1.04. The highest BCUT2D eigenvalue weighted by atomic mass is 16.1. The molecule has 2 heteroatoms. The Labute approximate surface area is 221 Å². The van der Waals surface area contributed by atoms with Crippen molar-refractivity contribution in [3.05, 3.63) is 95.9 Å². The number of aryl methyl sites for hydroxylation is 2. The minimum atomic E-state index is 0.194. The van der Waals surface area contributed by atoms with E-state index in [2.05, 4.69) is 68.5 Å². The van der Waals surface area contributed by atoms with Gasteiger partial charge in [0, 0.05) is 30.9 Å². The normalized spacial score (nSPS) is 12.3.